The van der Waals surface area contributed by atoms with Gasteiger partial charge in [-0.3, -0.25) is 10.1 Å². The van der Waals surface area contributed by atoms with Gasteiger partial charge in [0, 0.05) is 17.6 Å². The largest absolute Gasteiger partial charge is 0.377 e. The van der Waals surface area contributed by atoms with E-state index in [1.165, 1.54) is 0 Å². The summed E-state index contributed by atoms with van der Waals surface area (Å²) >= 11 is 1.77. The highest BCUT2D eigenvalue weighted by Gasteiger charge is 2.39. The van der Waals surface area contributed by atoms with Gasteiger partial charge in [-0.2, -0.15) is 11.8 Å². The number of nitrogens with one attached hydrogen (secondary N) is 1. The van der Waals surface area contributed by atoms with Gasteiger partial charge in [-0.05, 0) is 25.5 Å². The molecule has 0 saturated carbocycles. The molecule has 0 bridgehead atoms. The third-order valence-electron chi connectivity index (χ3n) is 3.99. The summed E-state index contributed by atoms with van der Waals surface area (Å²) in [5, 5.41) is 3.74. The van der Waals surface area contributed by atoms with E-state index >= 15 is 0 Å². The van der Waals surface area contributed by atoms with Crippen molar-refractivity contribution in [3.63, 3.8) is 0 Å². The summed E-state index contributed by atoms with van der Waals surface area (Å²) in [6.45, 7) is 5.57. The van der Waals surface area contributed by atoms with Crippen molar-refractivity contribution < 1.29 is 9.53 Å². The minimum Gasteiger partial charge on any atom is -0.377 e. The maximum Gasteiger partial charge on any atom is 0.243 e. The summed E-state index contributed by atoms with van der Waals surface area (Å²) < 4.78 is 5.60. The third-order valence-corrected chi connectivity index (χ3v) is 5.63. The van der Waals surface area contributed by atoms with Crippen LogP contribution in [0.5, 0.6) is 0 Å². The van der Waals surface area contributed by atoms with Crippen molar-refractivity contribution in [3.8, 4) is 0 Å². The van der Waals surface area contributed by atoms with E-state index in [1.54, 1.807) is 11.8 Å². The molecule has 116 valence electrons. The van der Waals surface area contributed by atoms with Crippen LogP contribution in [0.2, 0.25) is 0 Å². The molecule has 3 atom stereocenters. The molecule has 0 aromatic heterocycles. The lowest BCUT2D eigenvalue weighted by Crippen LogP contribution is -2.55. The fraction of sp³-hybridized carbons (Fsp3) is 0.562. The van der Waals surface area contributed by atoms with E-state index in [4.69, 9.17) is 10.5 Å². The molecule has 0 aliphatic carbocycles. The van der Waals surface area contributed by atoms with E-state index in [0.29, 0.717) is 17.5 Å². The zero-order chi connectivity index (χ0) is 15.3. The minimum absolute atomic E-state index is 0.234. The maximum atomic E-state index is 12.2. The Morgan fingerprint density at radius 1 is 1.48 bits per heavy atom. The van der Waals surface area contributed by atoms with Crippen molar-refractivity contribution in [2.75, 3.05) is 18.9 Å². The topological polar surface area (TPSA) is 64.3 Å². The van der Waals surface area contributed by atoms with E-state index < -0.39 is 5.54 Å². The number of primary amides is 1. The molecule has 1 amide bonds. The van der Waals surface area contributed by atoms with E-state index in [9.17, 15) is 4.79 Å². The summed E-state index contributed by atoms with van der Waals surface area (Å²) in [5.74, 6) is 0.299. The van der Waals surface area contributed by atoms with Crippen LogP contribution in [0.15, 0.2) is 30.3 Å². The van der Waals surface area contributed by atoms with Crippen molar-refractivity contribution in [2.45, 2.75) is 37.2 Å². The molecule has 3 N–H and O–H groups in total. The number of ether oxygens (including phenoxy) is 1. The number of thioether (sulfide) groups is 1. The van der Waals surface area contributed by atoms with Crippen LogP contribution in [0, 0.1) is 0 Å². The maximum absolute atomic E-state index is 12.2. The minimum atomic E-state index is -0.816. The smallest absolute Gasteiger partial charge is 0.243 e. The lowest BCUT2D eigenvalue weighted by atomic mass is 9.91. The highest BCUT2D eigenvalue weighted by atomic mass is 32.2. The number of carbonyl (C=O) groups is 1. The van der Waals surface area contributed by atoms with E-state index in [0.717, 1.165) is 18.6 Å². The molecule has 2 rings (SSSR count). The molecular formula is C16H24N2O2S. The predicted octanol–water partition coefficient (Wildman–Crippen LogP) is 1.89. The molecule has 1 heterocycles. The van der Waals surface area contributed by atoms with Gasteiger partial charge >= 0.3 is 0 Å². The summed E-state index contributed by atoms with van der Waals surface area (Å²) in [6.07, 6.45) is 1.26. The van der Waals surface area contributed by atoms with Crippen molar-refractivity contribution in [3.05, 3.63) is 35.9 Å². The van der Waals surface area contributed by atoms with Gasteiger partial charge < -0.3 is 10.5 Å². The molecule has 1 aromatic rings. The first-order chi connectivity index (χ1) is 10.1. The van der Waals surface area contributed by atoms with Gasteiger partial charge in [-0.25, -0.2) is 0 Å². The molecule has 1 saturated heterocycles. The monoisotopic (exact) mass is 308 g/mol. The van der Waals surface area contributed by atoms with Crippen molar-refractivity contribution in [1.82, 2.24) is 5.32 Å². The van der Waals surface area contributed by atoms with Gasteiger partial charge in [0.05, 0.1) is 6.10 Å². The number of hydrogen-bond donors (Lipinski definition) is 2. The Bertz CT molecular complexity index is 469. The first-order valence-corrected chi connectivity index (χ1v) is 8.48. The molecule has 1 aliphatic heterocycles. The molecule has 5 heteroatoms. The fourth-order valence-corrected chi connectivity index (χ4v) is 4.21. The third kappa shape index (κ3) is 3.59. The first kappa shape index (κ1) is 16.3. The fourth-order valence-electron chi connectivity index (χ4n) is 2.72. The number of likely N-dealkylation sites (N-methyl/N-ethyl adjacent to an activating group) is 1. The summed E-state index contributed by atoms with van der Waals surface area (Å²) in [5.41, 5.74) is 5.88. The van der Waals surface area contributed by atoms with Crippen LogP contribution >= 0.6 is 11.8 Å². The van der Waals surface area contributed by atoms with E-state index in [2.05, 4.69) is 12.2 Å². The van der Waals surface area contributed by atoms with Crippen LogP contribution < -0.4 is 11.1 Å². The van der Waals surface area contributed by atoms with Crippen molar-refractivity contribution in [1.29, 1.82) is 0 Å². The van der Waals surface area contributed by atoms with Gasteiger partial charge in [0.1, 0.15) is 5.54 Å². The van der Waals surface area contributed by atoms with Gasteiger partial charge in [0.2, 0.25) is 5.91 Å². The van der Waals surface area contributed by atoms with Gasteiger partial charge in [0.25, 0.3) is 0 Å². The van der Waals surface area contributed by atoms with E-state index in [1.807, 2.05) is 37.3 Å². The molecule has 3 unspecified atom stereocenters. The van der Waals surface area contributed by atoms with Crippen LogP contribution in [0.1, 0.15) is 25.8 Å². The first-order valence-electron chi connectivity index (χ1n) is 7.44. The standard InChI is InChI=1S/C16H24N2O2S/c1-3-18-16(15(17)19,13-7-5-4-6-8-13)11-21-14-9-10-20-12(14)2/h4-8,12,14,18H,3,9-11H2,1-2H3,(H2,17,19). The Morgan fingerprint density at radius 3 is 2.71 bits per heavy atom. The average molecular weight is 308 g/mol. The quantitative estimate of drug-likeness (QED) is 0.807. The SMILES string of the molecule is CCNC(CSC1CCOC1C)(C(N)=O)c1ccccc1. The highest BCUT2D eigenvalue weighted by molar-refractivity contribution is 8.00. The molecule has 0 radical (unpaired) electrons. The number of nitrogens with two attached hydrogens (primary N) is 1. The predicted molar refractivity (Wildman–Crippen MR) is 87.3 cm³/mol. The lowest BCUT2D eigenvalue weighted by Gasteiger charge is -2.33. The molecule has 21 heavy (non-hydrogen) atoms. The van der Waals surface area contributed by atoms with Crippen LogP contribution in [0.3, 0.4) is 0 Å². The molecule has 1 aromatic carbocycles. The Hall–Kier alpha value is -1.04. The molecule has 4 nitrogen and oxygen atoms in total. The Morgan fingerprint density at radius 2 is 2.19 bits per heavy atom. The second kappa shape index (κ2) is 7.29. The van der Waals surface area contributed by atoms with Crippen LogP contribution in [-0.4, -0.2) is 36.2 Å². The number of rotatable bonds is 7. The van der Waals surface area contributed by atoms with Crippen LogP contribution in [0.25, 0.3) is 0 Å². The normalized spacial score (nSPS) is 24.7. The van der Waals surface area contributed by atoms with Crippen molar-refractivity contribution in [2.24, 2.45) is 5.73 Å². The number of hydrogen-bond acceptors (Lipinski definition) is 4. The zero-order valence-electron chi connectivity index (χ0n) is 12.7. The van der Waals surface area contributed by atoms with Crippen LogP contribution in [-0.2, 0) is 15.1 Å². The number of carbonyl (C=O) groups excluding carboxylic acids is 1. The van der Waals surface area contributed by atoms with Gasteiger partial charge in [-0.15, -0.1) is 0 Å². The van der Waals surface area contributed by atoms with E-state index in [-0.39, 0.29) is 12.0 Å². The summed E-state index contributed by atoms with van der Waals surface area (Å²) in [7, 11) is 0. The summed E-state index contributed by atoms with van der Waals surface area (Å²) in [6, 6.07) is 9.75. The summed E-state index contributed by atoms with van der Waals surface area (Å²) in [4.78, 5) is 12.2. The highest BCUT2D eigenvalue weighted by Crippen LogP contribution is 2.33. The second-order valence-electron chi connectivity index (χ2n) is 5.38. The Balaban J connectivity index is 2.20. The Kier molecular flexibility index (Phi) is 5.67. The second-order valence-corrected chi connectivity index (χ2v) is 6.61. The average Bonchev–Trinajstić information content (AvgIpc) is 2.89. The van der Waals surface area contributed by atoms with Crippen molar-refractivity contribution >= 4 is 17.7 Å². The lowest BCUT2D eigenvalue weighted by molar-refractivity contribution is -0.123. The molecule has 1 fully saturated rings. The number of amides is 1. The van der Waals surface area contributed by atoms with Gasteiger partial charge in [-0.1, -0.05) is 37.3 Å². The molecular weight excluding hydrogens is 284 g/mol. The molecule has 0 spiro atoms. The zero-order valence-corrected chi connectivity index (χ0v) is 13.5. The van der Waals surface area contributed by atoms with Gasteiger partial charge in [0.15, 0.2) is 0 Å². The Labute approximate surface area is 130 Å². The van der Waals surface area contributed by atoms with Crippen LogP contribution in [0.4, 0.5) is 0 Å². The number of benzene rings is 1. The molecule has 1 aliphatic rings.